The maximum Gasteiger partial charge on any atom is 0.263 e. The fraction of sp³-hybridized carbons (Fsp3) is 0.320. The molecule has 0 spiro atoms. The van der Waals surface area contributed by atoms with E-state index in [0.29, 0.717) is 18.2 Å². The largest absolute Gasteiger partial charge is 0.355 e. The van der Waals surface area contributed by atoms with Gasteiger partial charge in [0.05, 0.1) is 11.1 Å². The Bertz CT molecular complexity index is 1310. The summed E-state index contributed by atoms with van der Waals surface area (Å²) in [7, 11) is 0. The number of nitrogens with zero attached hydrogens (tertiary/aromatic N) is 2. The van der Waals surface area contributed by atoms with Crippen LogP contribution in [0.25, 0.3) is 10.2 Å². The third-order valence-corrected chi connectivity index (χ3v) is 8.96. The van der Waals surface area contributed by atoms with Crippen LogP contribution in [0, 0.1) is 0 Å². The molecule has 0 bridgehead atoms. The van der Waals surface area contributed by atoms with Crippen molar-refractivity contribution in [2.24, 2.45) is 0 Å². The van der Waals surface area contributed by atoms with Gasteiger partial charge in [-0.25, -0.2) is 4.98 Å². The summed E-state index contributed by atoms with van der Waals surface area (Å²) >= 11 is 4.70. The monoisotopic (exact) mass is 495 g/mol. The van der Waals surface area contributed by atoms with E-state index in [9.17, 15) is 9.59 Å². The molecule has 0 radical (unpaired) electrons. The van der Waals surface area contributed by atoms with Crippen molar-refractivity contribution in [2.45, 2.75) is 43.8 Å². The molecule has 0 saturated heterocycles. The van der Waals surface area contributed by atoms with Crippen LogP contribution in [0.3, 0.4) is 0 Å². The van der Waals surface area contributed by atoms with Gasteiger partial charge in [-0.3, -0.25) is 14.2 Å². The second-order valence-electron chi connectivity index (χ2n) is 8.09. The molecule has 4 aromatic rings. The molecule has 1 N–H and O–H groups in total. The number of aromatic nitrogens is 2. The second kappa shape index (κ2) is 10.2. The maximum atomic E-state index is 13.6. The standard InChI is InChI=1S/C25H25N3O2S3/c29-21(26-13-11-18-8-5-15-31-18)16-32-25-27-23-22(19-9-4-10-20(19)33-23)24(30)28(25)14-12-17-6-2-1-3-7-17/h1-3,5-8,15H,4,9-14,16H2,(H,26,29). The Labute approximate surface area is 204 Å². The highest BCUT2D eigenvalue weighted by molar-refractivity contribution is 7.99. The van der Waals surface area contributed by atoms with Crippen LogP contribution in [0.5, 0.6) is 0 Å². The Hall–Kier alpha value is -2.42. The highest BCUT2D eigenvalue weighted by atomic mass is 32.2. The number of carbonyl (C=O) groups excluding carboxylic acids is 1. The van der Waals surface area contributed by atoms with Crippen LogP contribution in [0.1, 0.15) is 27.3 Å². The SMILES string of the molecule is O=C(CSc1nc2sc3c(c2c(=O)n1CCc1ccccc1)CCC3)NCCc1cccs1. The minimum Gasteiger partial charge on any atom is -0.355 e. The first-order valence-corrected chi connectivity index (χ1v) is 13.9. The molecule has 3 heterocycles. The van der Waals surface area contributed by atoms with Crippen molar-refractivity contribution in [2.75, 3.05) is 12.3 Å². The zero-order valence-corrected chi connectivity index (χ0v) is 20.7. The molecule has 0 aliphatic heterocycles. The average molecular weight is 496 g/mol. The van der Waals surface area contributed by atoms with Crippen LogP contribution in [0.15, 0.2) is 57.8 Å². The molecule has 3 aromatic heterocycles. The number of benzene rings is 1. The quantitative estimate of drug-likeness (QED) is 0.270. The van der Waals surface area contributed by atoms with Gasteiger partial charge < -0.3 is 5.32 Å². The van der Waals surface area contributed by atoms with Crippen molar-refractivity contribution in [1.29, 1.82) is 0 Å². The second-order valence-corrected chi connectivity index (χ2v) is 11.2. The lowest BCUT2D eigenvalue weighted by atomic mass is 10.1. The van der Waals surface area contributed by atoms with E-state index in [1.165, 1.54) is 32.6 Å². The van der Waals surface area contributed by atoms with E-state index < -0.39 is 0 Å². The highest BCUT2D eigenvalue weighted by Crippen LogP contribution is 2.35. The zero-order chi connectivity index (χ0) is 22.6. The Morgan fingerprint density at radius 1 is 1.12 bits per heavy atom. The van der Waals surface area contributed by atoms with Gasteiger partial charge in [-0.2, -0.15) is 0 Å². The summed E-state index contributed by atoms with van der Waals surface area (Å²) in [4.78, 5) is 34.3. The van der Waals surface area contributed by atoms with Gasteiger partial charge in [0.2, 0.25) is 5.91 Å². The van der Waals surface area contributed by atoms with Crippen molar-refractivity contribution < 1.29 is 4.79 Å². The minimum absolute atomic E-state index is 0.0332. The molecule has 0 atom stereocenters. The normalized spacial score (nSPS) is 12.8. The number of hydrogen-bond donors (Lipinski definition) is 1. The van der Waals surface area contributed by atoms with E-state index in [1.54, 1.807) is 27.2 Å². The van der Waals surface area contributed by atoms with Crippen molar-refractivity contribution in [1.82, 2.24) is 14.9 Å². The summed E-state index contributed by atoms with van der Waals surface area (Å²) in [5.74, 6) is 0.216. The Balaban J connectivity index is 1.34. The van der Waals surface area contributed by atoms with Crippen LogP contribution in [-0.2, 0) is 37.0 Å². The van der Waals surface area contributed by atoms with Gasteiger partial charge in [-0.05, 0) is 54.7 Å². The third-order valence-electron chi connectivity index (χ3n) is 5.86. The molecule has 170 valence electrons. The molecule has 0 fully saturated rings. The zero-order valence-electron chi connectivity index (χ0n) is 18.2. The van der Waals surface area contributed by atoms with Gasteiger partial charge in [0, 0.05) is 22.8 Å². The van der Waals surface area contributed by atoms with Crippen LogP contribution < -0.4 is 10.9 Å². The molecule has 1 aliphatic rings. The number of thioether (sulfide) groups is 1. The molecule has 8 heteroatoms. The smallest absolute Gasteiger partial charge is 0.263 e. The number of hydrogen-bond acceptors (Lipinski definition) is 6. The lowest BCUT2D eigenvalue weighted by Gasteiger charge is -2.12. The van der Waals surface area contributed by atoms with Gasteiger partial charge >= 0.3 is 0 Å². The van der Waals surface area contributed by atoms with Crippen LogP contribution in [0.4, 0.5) is 0 Å². The number of thiophene rings is 2. The first-order chi connectivity index (χ1) is 16.2. The first-order valence-electron chi connectivity index (χ1n) is 11.2. The van der Waals surface area contributed by atoms with E-state index >= 15 is 0 Å². The molecule has 0 unspecified atom stereocenters. The lowest BCUT2D eigenvalue weighted by Crippen LogP contribution is -2.28. The highest BCUT2D eigenvalue weighted by Gasteiger charge is 2.23. The fourth-order valence-electron chi connectivity index (χ4n) is 4.21. The Kier molecular flexibility index (Phi) is 6.94. The summed E-state index contributed by atoms with van der Waals surface area (Å²) < 4.78 is 1.78. The summed E-state index contributed by atoms with van der Waals surface area (Å²) in [5, 5.41) is 6.46. The molecular weight excluding hydrogens is 470 g/mol. The summed E-state index contributed by atoms with van der Waals surface area (Å²) in [6.07, 6.45) is 4.70. The predicted molar refractivity (Wildman–Crippen MR) is 138 cm³/mol. The molecule has 5 rings (SSSR count). The molecule has 1 aliphatic carbocycles. The third kappa shape index (κ3) is 5.08. The van der Waals surface area contributed by atoms with E-state index in [-0.39, 0.29) is 17.2 Å². The van der Waals surface area contributed by atoms with Gasteiger partial charge in [0.25, 0.3) is 5.56 Å². The number of fused-ring (bicyclic) bond motifs is 3. The van der Waals surface area contributed by atoms with E-state index in [4.69, 9.17) is 4.98 Å². The molecule has 5 nitrogen and oxygen atoms in total. The fourth-order valence-corrected chi connectivity index (χ4v) is 7.08. The van der Waals surface area contributed by atoms with E-state index in [1.807, 2.05) is 29.6 Å². The molecule has 1 aromatic carbocycles. The van der Waals surface area contributed by atoms with Crippen LogP contribution in [-0.4, -0.2) is 27.8 Å². The number of rotatable bonds is 9. The van der Waals surface area contributed by atoms with Crippen LogP contribution >= 0.6 is 34.4 Å². The molecule has 0 saturated carbocycles. The summed E-state index contributed by atoms with van der Waals surface area (Å²) in [6, 6.07) is 14.3. The minimum atomic E-state index is -0.0332. The van der Waals surface area contributed by atoms with Gasteiger partial charge in [0.1, 0.15) is 4.83 Å². The van der Waals surface area contributed by atoms with E-state index in [2.05, 4.69) is 23.5 Å². The van der Waals surface area contributed by atoms with Gasteiger partial charge in [-0.15, -0.1) is 22.7 Å². The van der Waals surface area contributed by atoms with Crippen molar-refractivity contribution >= 4 is 50.6 Å². The maximum absolute atomic E-state index is 13.6. The van der Waals surface area contributed by atoms with Crippen LogP contribution in [0.2, 0.25) is 0 Å². The number of carbonyl (C=O) groups is 1. The summed E-state index contributed by atoms with van der Waals surface area (Å²) in [6.45, 7) is 1.17. The molecular formula is C25H25N3O2S3. The first kappa shape index (κ1) is 22.4. The number of aryl methyl sites for hydroxylation is 3. The molecule has 1 amide bonds. The summed E-state index contributed by atoms with van der Waals surface area (Å²) in [5.41, 5.74) is 2.42. The average Bonchev–Trinajstić information content (AvgIpc) is 3.56. The number of amides is 1. The molecule has 33 heavy (non-hydrogen) atoms. The Morgan fingerprint density at radius 3 is 2.82 bits per heavy atom. The number of nitrogens with one attached hydrogen (secondary N) is 1. The van der Waals surface area contributed by atoms with Gasteiger partial charge in [-0.1, -0.05) is 48.2 Å². The van der Waals surface area contributed by atoms with Gasteiger partial charge in [0.15, 0.2) is 5.16 Å². The lowest BCUT2D eigenvalue weighted by molar-refractivity contribution is -0.118. The van der Waals surface area contributed by atoms with E-state index in [0.717, 1.165) is 42.3 Å². The van der Waals surface area contributed by atoms with Crippen molar-refractivity contribution in [3.05, 3.63) is 79.1 Å². The van der Waals surface area contributed by atoms with Crippen molar-refractivity contribution in [3.63, 3.8) is 0 Å². The predicted octanol–water partition coefficient (Wildman–Crippen LogP) is 4.70. The van der Waals surface area contributed by atoms with Crippen molar-refractivity contribution in [3.8, 4) is 0 Å². The topological polar surface area (TPSA) is 64.0 Å². The Morgan fingerprint density at radius 2 is 2.00 bits per heavy atom.